The highest BCUT2D eigenvalue weighted by molar-refractivity contribution is 7.92. The molecule has 0 aromatic carbocycles. The van der Waals surface area contributed by atoms with E-state index in [1.165, 1.54) is 11.6 Å². The molecule has 0 unspecified atom stereocenters. The third-order valence-electron chi connectivity index (χ3n) is 2.47. The fourth-order valence-corrected chi connectivity index (χ4v) is 3.42. The highest BCUT2D eigenvalue weighted by atomic mass is 32.2. The number of carboxylic acid groups (broad SMARTS) is 1. The molecule has 2 aromatic rings. The van der Waals surface area contributed by atoms with Gasteiger partial charge in [-0.05, 0) is 6.92 Å². The maximum Gasteiger partial charge on any atom is 0.309 e. The molecule has 0 aliphatic rings. The van der Waals surface area contributed by atoms with Crippen molar-refractivity contribution in [1.29, 1.82) is 0 Å². The molecular weight excluding hydrogens is 304 g/mol. The number of nitrogens with zero attached hydrogens (tertiary/aromatic N) is 3. The van der Waals surface area contributed by atoms with E-state index in [1.54, 1.807) is 18.5 Å². The summed E-state index contributed by atoms with van der Waals surface area (Å²) < 4.78 is 28.0. The normalized spacial score (nSPS) is 11.5. The van der Waals surface area contributed by atoms with Crippen molar-refractivity contribution in [2.45, 2.75) is 18.4 Å². The average Bonchev–Trinajstić information content (AvgIpc) is 2.86. The van der Waals surface area contributed by atoms with Gasteiger partial charge < -0.3 is 9.67 Å². The molecule has 0 aliphatic heterocycles. The van der Waals surface area contributed by atoms with Gasteiger partial charge in [0.05, 0.1) is 12.1 Å². The van der Waals surface area contributed by atoms with E-state index in [0.717, 1.165) is 11.3 Å². The van der Waals surface area contributed by atoms with Gasteiger partial charge in [0.1, 0.15) is 5.82 Å². The second-order valence-corrected chi connectivity index (χ2v) is 6.54. The first kappa shape index (κ1) is 14.5. The summed E-state index contributed by atoms with van der Waals surface area (Å²) in [6.07, 6.45) is 1.14. The molecule has 20 heavy (non-hydrogen) atoms. The second-order valence-electron chi connectivity index (χ2n) is 4.06. The molecule has 108 valence electrons. The first-order chi connectivity index (χ1) is 9.28. The molecule has 8 nitrogen and oxygen atoms in total. The maximum absolute atomic E-state index is 12.1. The Labute approximate surface area is 119 Å². The number of imidazole rings is 1. The van der Waals surface area contributed by atoms with E-state index in [0.29, 0.717) is 11.5 Å². The predicted octanol–water partition coefficient (Wildman–Crippen LogP) is 0.613. The standard InChI is InChI=1S/C10H12N4O4S2/c1-6-11-8(4-14(6)2)20(17,18)13-10-12-7(5-19-10)3-9(15)16/h4-5H,3H2,1-2H3,(H,12,13)(H,15,16). The van der Waals surface area contributed by atoms with Crippen LogP contribution in [0.25, 0.3) is 0 Å². The van der Waals surface area contributed by atoms with Gasteiger partial charge in [-0.1, -0.05) is 0 Å². The van der Waals surface area contributed by atoms with Crippen molar-refractivity contribution in [3.05, 3.63) is 23.1 Å². The lowest BCUT2D eigenvalue weighted by Crippen LogP contribution is -2.13. The van der Waals surface area contributed by atoms with Crippen LogP contribution in [-0.4, -0.2) is 34.0 Å². The lowest BCUT2D eigenvalue weighted by atomic mass is 10.3. The predicted molar refractivity (Wildman–Crippen MR) is 72.2 cm³/mol. The number of hydrogen-bond donors (Lipinski definition) is 2. The number of hydrogen-bond acceptors (Lipinski definition) is 6. The van der Waals surface area contributed by atoms with Crippen molar-refractivity contribution in [3.63, 3.8) is 0 Å². The molecule has 2 heterocycles. The molecule has 0 spiro atoms. The molecule has 0 bridgehead atoms. The fraction of sp³-hybridized carbons (Fsp3) is 0.300. The highest BCUT2D eigenvalue weighted by Crippen LogP contribution is 2.20. The van der Waals surface area contributed by atoms with E-state index in [4.69, 9.17) is 5.11 Å². The van der Waals surface area contributed by atoms with Crippen LogP contribution in [0.15, 0.2) is 16.6 Å². The number of thiazole rings is 1. The van der Waals surface area contributed by atoms with Crippen molar-refractivity contribution in [2.24, 2.45) is 7.05 Å². The summed E-state index contributed by atoms with van der Waals surface area (Å²) in [6.45, 7) is 1.69. The molecule has 2 aromatic heterocycles. The van der Waals surface area contributed by atoms with Gasteiger partial charge in [-0.15, -0.1) is 11.3 Å². The molecule has 10 heteroatoms. The quantitative estimate of drug-likeness (QED) is 0.835. The minimum atomic E-state index is -3.81. The monoisotopic (exact) mass is 316 g/mol. The van der Waals surface area contributed by atoms with Gasteiger partial charge in [-0.3, -0.25) is 9.52 Å². The van der Waals surface area contributed by atoms with Crippen molar-refractivity contribution in [3.8, 4) is 0 Å². The molecule has 0 saturated carbocycles. The van der Waals surface area contributed by atoms with E-state index in [9.17, 15) is 13.2 Å². The zero-order valence-electron chi connectivity index (χ0n) is 10.7. The van der Waals surface area contributed by atoms with Gasteiger partial charge in [-0.25, -0.2) is 9.97 Å². The van der Waals surface area contributed by atoms with Crippen molar-refractivity contribution < 1.29 is 18.3 Å². The van der Waals surface area contributed by atoms with Gasteiger partial charge in [0.2, 0.25) is 0 Å². The summed E-state index contributed by atoms with van der Waals surface area (Å²) in [7, 11) is -2.12. The number of sulfonamides is 1. The van der Waals surface area contributed by atoms with E-state index in [2.05, 4.69) is 14.7 Å². The van der Waals surface area contributed by atoms with Crippen molar-refractivity contribution in [1.82, 2.24) is 14.5 Å². The maximum atomic E-state index is 12.1. The molecule has 0 amide bonds. The number of nitrogens with one attached hydrogen (secondary N) is 1. The topological polar surface area (TPSA) is 114 Å². The van der Waals surface area contributed by atoms with E-state index in [1.807, 2.05) is 0 Å². The Balaban J connectivity index is 2.20. The Morgan fingerprint density at radius 3 is 2.75 bits per heavy atom. The summed E-state index contributed by atoms with van der Waals surface area (Å²) in [5.74, 6) is -0.457. The Kier molecular flexibility index (Phi) is 3.77. The first-order valence-corrected chi connectivity index (χ1v) is 7.83. The number of aryl methyl sites for hydroxylation is 2. The largest absolute Gasteiger partial charge is 0.481 e. The van der Waals surface area contributed by atoms with Gasteiger partial charge >= 0.3 is 5.97 Å². The van der Waals surface area contributed by atoms with Crippen LogP contribution in [-0.2, 0) is 28.3 Å². The van der Waals surface area contributed by atoms with Crippen LogP contribution in [0.3, 0.4) is 0 Å². The number of carboxylic acids is 1. The average molecular weight is 316 g/mol. The third-order valence-corrected chi connectivity index (χ3v) is 4.61. The third kappa shape index (κ3) is 3.14. The number of aliphatic carboxylic acids is 1. The van der Waals surface area contributed by atoms with Crippen LogP contribution in [0, 0.1) is 6.92 Å². The van der Waals surface area contributed by atoms with Crippen LogP contribution in [0.1, 0.15) is 11.5 Å². The van der Waals surface area contributed by atoms with Gasteiger partial charge in [0.15, 0.2) is 10.2 Å². The molecule has 0 radical (unpaired) electrons. The Morgan fingerprint density at radius 1 is 1.50 bits per heavy atom. The molecule has 2 N–H and O–H groups in total. The van der Waals surface area contributed by atoms with Crippen LogP contribution in [0.4, 0.5) is 5.13 Å². The Hall–Kier alpha value is -1.94. The zero-order valence-corrected chi connectivity index (χ0v) is 12.3. The number of aromatic nitrogens is 3. The molecular formula is C10H12N4O4S2. The van der Waals surface area contributed by atoms with Gasteiger partial charge in [0.25, 0.3) is 10.0 Å². The number of carbonyl (C=O) groups is 1. The summed E-state index contributed by atoms with van der Waals surface area (Å²) in [4.78, 5) is 18.4. The first-order valence-electron chi connectivity index (χ1n) is 5.47. The Morgan fingerprint density at radius 2 is 2.20 bits per heavy atom. The Bertz CT molecular complexity index is 728. The highest BCUT2D eigenvalue weighted by Gasteiger charge is 2.20. The molecule has 2 rings (SSSR count). The smallest absolute Gasteiger partial charge is 0.309 e. The fourth-order valence-electron chi connectivity index (χ4n) is 1.41. The van der Waals surface area contributed by atoms with Gasteiger partial charge in [-0.2, -0.15) is 8.42 Å². The molecule has 0 atom stereocenters. The van der Waals surface area contributed by atoms with Crippen LogP contribution >= 0.6 is 11.3 Å². The summed E-state index contributed by atoms with van der Waals surface area (Å²) in [6, 6.07) is 0. The summed E-state index contributed by atoms with van der Waals surface area (Å²) >= 11 is 1.02. The van der Waals surface area contributed by atoms with E-state index < -0.39 is 16.0 Å². The minimum absolute atomic E-state index is 0.104. The summed E-state index contributed by atoms with van der Waals surface area (Å²) in [5, 5.41) is 10.1. The SMILES string of the molecule is Cc1nc(S(=O)(=O)Nc2nc(CC(=O)O)cs2)cn1C. The van der Waals surface area contributed by atoms with Crippen LogP contribution in [0.5, 0.6) is 0 Å². The van der Waals surface area contributed by atoms with Crippen molar-refractivity contribution >= 4 is 32.5 Å². The van der Waals surface area contributed by atoms with Gasteiger partial charge in [0, 0.05) is 18.6 Å². The number of rotatable bonds is 5. The van der Waals surface area contributed by atoms with E-state index in [-0.39, 0.29) is 16.6 Å². The molecule has 0 aliphatic carbocycles. The lowest BCUT2D eigenvalue weighted by molar-refractivity contribution is -0.136. The molecule has 0 saturated heterocycles. The summed E-state index contributed by atoms with van der Waals surface area (Å²) in [5.41, 5.74) is 0.303. The van der Waals surface area contributed by atoms with Crippen LogP contribution in [0.2, 0.25) is 0 Å². The second kappa shape index (κ2) is 5.21. The van der Waals surface area contributed by atoms with Crippen molar-refractivity contribution in [2.75, 3.05) is 4.72 Å². The van der Waals surface area contributed by atoms with Crippen LogP contribution < -0.4 is 4.72 Å². The molecule has 0 fully saturated rings. The van der Waals surface area contributed by atoms with E-state index >= 15 is 0 Å². The minimum Gasteiger partial charge on any atom is -0.481 e. The number of anilines is 1. The lowest BCUT2D eigenvalue weighted by Gasteiger charge is -2.00. The zero-order chi connectivity index (χ0) is 14.9.